The Hall–Kier alpha value is -2.49. The molecule has 0 aliphatic carbocycles. The largest absolute Gasteiger partial charge is 0.350 e. The second-order valence-corrected chi connectivity index (χ2v) is 14.1. The van der Waals surface area contributed by atoms with Gasteiger partial charge in [-0.2, -0.15) is 0 Å². The highest BCUT2D eigenvalue weighted by molar-refractivity contribution is 7.92. The van der Waals surface area contributed by atoms with E-state index in [2.05, 4.69) is 5.32 Å². The topological polar surface area (TPSA) is 86.8 Å². The molecule has 0 saturated carbocycles. The minimum atomic E-state index is -4.26. The highest BCUT2D eigenvalue weighted by Crippen LogP contribution is 2.32. The SMILES string of the molecule is Cc1ccc(S(=O)(=O)N(CC(=O)N(Cc2c(Cl)cccc2Cl)[C@@H](C)C(=O)NC(C)(C)C)c2ccc(Cl)c(Cl)c2)cc1. The number of amides is 2. The summed E-state index contributed by atoms with van der Waals surface area (Å²) in [5.41, 5.74) is 0.823. The van der Waals surface area contributed by atoms with E-state index in [0.717, 1.165) is 9.87 Å². The van der Waals surface area contributed by atoms with Crippen LogP contribution in [0.2, 0.25) is 20.1 Å². The van der Waals surface area contributed by atoms with Crippen molar-refractivity contribution in [1.29, 1.82) is 0 Å². The van der Waals surface area contributed by atoms with Gasteiger partial charge in [0.2, 0.25) is 11.8 Å². The molecule has 0 fully saturated rings. The first-order valence-electron chi connectivity index (χ1n) is 12.6. The predicted octanol–water partition coefficient (Wildman–Crippen LogP) is 7.14. The highest BCUT2D eigenvalue weighted by atomic mass is 35.5. The Labute approximate surface area is 261 Å². The number of hydrogen-bond acceptors (Lipinski definition) is 4. The zero-order valence-electron chi connectivity index (χ0n) is 23.2. The van der Waals surface area contributed by atoms with Gasteiger partial charge in [0.15, 0.2) is 0 Å². The number of aryl methyl sites for hydroxylation is 1. The zero-order valence-corrected chi connectivity index (χ0v) is 27.1. The maximum atomic E-state index is 14.0. The van der Waals surface area contributed by atoms with E-state index in [9.17, 15) is 18.0 Å². The number of nitrogens with one attached hydrogen (secondary N) is 1. The third-order valence-electron chi connectivity index (χ3n) is 6.13. The van der Waals surface area contributed by atoms with Crippen LogP contribution in [0.1, 0.15) is 38.8 Å². The van der Waals surface area contributed by atoms with Crippen molar-refractivity contribution >= 4 is 73.9 Å². The average Bonchev–Trinajstić information content (AvgIpc) is 2.87. The number of rotatable bonds is 9. The number of carbonyl (C=O) groups excluding carboxylic acids is 2. The van der Waals surface area contributed by atoms with Crippen LogP contribution in [-0.2, 0) is 26.2 Å². The molecule has 41 heavy (non-hydrogen) atoms. The van der Waals surface area contributed by atoms with Crippen LogP contribution >= 0.6 is 46.4 Å². The van der Waals surface area contributed by atoms with Gasteiger partial charge in [0, 0.05) is 27.7 Å². The standard InChI is InChI=1S/C29H31Cl4N3O4S/c1-18-9-12-21(13-10-18)41(39,40)36(20-11-14-25(32)26(33)15-20)17-27(37)35(19(2)28(38)34-29(3,4)5)16-22-23(30)7-6-8-24(22)31/h6-15,19H,16-17H2,1-5H3,(H,34,38)/t19-/m0/s1. The molecule has 1 N–H and O–H groups in total. The normalized spacial score (nSPS) is 12.5. The molecule has 0 aromatic heterocycles. The quantitative estimate of drug-likeness (QED) is 0.265. The van der Waals surface area contributed by atoms with E-state index < -0.39 is 40.0 Å². The van der Waals surface area contributed by atoms with Crippen LogP contribution < -0.4 is 9.62 Å². The Balaban J connectivity index is 2.10. The zero-order chi connectivity index (χ0) is 30.7. The van der Waals surface area contributed by atoms with Gasteiger partial charge in [-0.15, -0.1) is 0 Å². The molecule has 0 heterocycles. The van der Waals surface area contributed by atoms with E-state index in [-0.39, 0.29) is 27.2 Å². The van der Waals surface area contributed by atoms with E-state index >= 15 is 0 Å². The van der Waals surface area contributed by atoms with Crippen molar-refractivity contribution in [3.05, 3.63) is 91.9 Å². The second-order valence-electron chi connectivity index (χ2n) is 10.6. The summed E-state index contributed by atoms with van der Waals surface area (Å²) in [5, 5.41) is 3.79. The lowest BCUT2D eigenvalue weighted by Crippen LogP contribution is -2.54. The summed E-state index contributed by atoms with van der Waals surface area (Å²) in [6.45, 7) is 8.04. The molecule has 2 amide bonds. The third kappa shape index (κ3) is 8.30. The molecular weight excluding hydrogens is 628 g/mol. The fourth-order valence-corrected chi connectivity index (χ4v) is 6.13. The number of benzene rings is 3. The van der Waals surface area contributed by atoms with Gasteiger partial charge in [0.1, 0.15) is 12.6 Å². The molecule has 0 saturated heterocycles. The first-order valence-corrected chi connectivity index (χ1v) is 15.6. The maximum Gasteiger partial charge on any atom is 0.264 e. The lowest BCUT2D eigenvalue weighted by molar-refractivity contribution is -0.140. The van der Waals surface area contributed by atoms with Crippen molar-refractivity contribution in [2.45, 2.75) is 57.6 Å². The number of anilines is 1. The summed E-state index contributed by atoms with van der Waals surface area (Å²) in [6.07, 6.45) is 0. The Morgan fingerprint density at radius 2 is 1.46 bits per heavy atom. The summed E-state index contributed by atoms with van der Waals surface area (Å²) in [6, 6.07) is 14.4. The fraction of sp³-hybridized carbons (Fsp3) is 0.310. The van der Waals surface area contributed by atoms with Crippen LogP contribution in [0.4, 0.5) is 5.69 Å². The molecule has 3 aromatic carbocycles. The Bertz CT molecular complexity index is 1520. The number of sulfonamides is 1. The lowest BCUT2D eigenvalue weighted by atomic mass is 10.1. The summed E-state index contributed by atoms with van der Waals surface area (Å²) in [5.74, 6) is -1.10. The molecular formula is C29H31Cl4N3O4S. The molecule has 0 aliphatic rings. The van der Waals surface area contributed by atoms with Crippen LogP contribution in [0.5, 0.6) is 0 Å². The smallest absolute Gasteiger partial charge is 0.264 e. The van der Waals surface area contributed by atoms with Crippen LogP contribution in [0.3, 0.4) is 0 Å². The third-order valence-corrected chi connectivity index (χ3v) is 9.37. The van der Waals surface area contributed by atoms with Crippen molar-refractivity contribution in [3.63, 3.8) is 0 Å². The maximum absolute atomic E-state index is 14.0. The number of halogens is 4. The van der Waals surface area contributed by atoms with Crippen molar-refractivity contribution in [3.8, 4) is 0 Å². The molecule has 3 rings (SSSR count). The van der Waals surface area contributed by atoms with Gasteiger partial charge in [0.25, 0.3) is 10.0 Å². The molecule has 7 nitrogen and oxygen atoms in total. The molecule has 0 spiro atoms. The van der Waals surface area contributed by atoms with Crippen LogP contribution in [0.25, 0.3) is 0 Å². The van der Waals surface area contributed by atoms with Crippen molar-refractivity contribution < 1.29 is 18.0 Å². The number of nitrogens with zero attached hydrogens (tertiary/aromatic N) is 2. The molecule has 3 aromatic rings. The fourth-order valence-electron chi connectivity index (χ4n) is 3.92. The van der Waals surface area contributed by atoms with Crippen molar-refractivity contribution in [2.24, 2.45) is 0 Å². The van der Waals surface area contributed by atoms with Crippen LogP contribution in [0, 0.1) is 6.92 Å². The molecule has 0 bridgehead atoms. The highest BCUT2D eigenvalue weighted by Gasteiger charge is 2.34. The van der Waals surface area contributed by atoms with Gasteiger partial charge in [-0.1, -0.05) is 70.2 Å². The van der Waals surface area contributed by atoms with Crippen LogP contribution in [-0.4, -0.2) is 43.3 Å². The minimum Gasteiger partial charge on any atom is -0.350 e. The van der Waals surface area contributed by atoms with Crippen molar-refractivity contribution in [2.75, 3.05) is 10.8 Å². The van der Waals surface area contributed by atoms with E-state index in [4.69, 9.17) is 46.4 Å². The second kappa shape index (κ2) is 13.2. The summed E-state index contributed by atoms with van der Waals surface area (Å²) < 4.78 is 28.8. The molecule has 0 radical (unpaired) electrons. The van der Waals surface area contributed by atoms with Gasteiger partial charge in [-0.3, -0.25) is 13.9 Å². The van der Waals surface area contributed by atoms with Gasteiger partial charge >= 0.3 is 0 Å². The average molecular weight is 659 g/mol. The van der Waals surface area contributed by atoms with E-state index in [1.807, 2.05) is 27.7 Å². The van der Waals surface area contributed by atoms with Gasteiger partial charge in [0.05, 0.1) is 20.6 Å². The van der Waals surface area contributed by atoms with E-state index in [1.54, 1.807) is 37.3 Å². The predicted molar refractivity (Wildman–Crippen MR) is 167 cm³/mol. The number of hydrogen-bond donors (Lipinski definition) is 1. The van der Waals surface area contributed by atoms with E-state index in [0.29, 0.717) is 15.6 Å². The van der Waals surface area contributed by atoms with E-state index in [1.165, 1.54) is 35.2 Å². The van der Waals surface area contributed by atoms with Crippen LogP contribution in [0.15, 0.2) is 65.6 Å². The number of carbonyl (C=O) groups is 2. The molecule has 0 unspecified atom stereocenters. The molecule has 12 heteroatoms. The first-order chi connectivity index (χ1) is 19.0. The molecule has 220 valence electrons. The van der Waals surface area contributed by atoms with Gasteiger partial charge < -0.3 is 10.2 Å². The summed E-state index contributed by atoms with van der Waals surface area (Å²) >= 11 is 25.2. The molecule has 1 atom stereocenters. The Morgan fingerprint density at radius 1 is 0.878 bits per heavy atom. The first kappa shape index (κ1) is 33.0. The van der Waals surface area contributed by atoms with Gasteiger partial charge in [-0.25, -0.2) is 8.42 Å². The Morgan fingerprint density at radius 3 is 2.00 bits per heavy atom. The summed E-state index contributed by atoms with van der Waals surface area (Å²) in [7, 11) is -4.26. The Kier molecular flexibility index (Phi) is 10.6. The summed E-state index contributed by atoms with van der Waals surface area (Å²) in [4.78, 5) is 28.5. The van der Waals surface area contributed by atoms with Crippen molar-refractivity contribution in [1.82, 2.24) is 10.2 Å². The lowest BCUT2D eigenvalue weighted by Gasteiger charge is -2.34. The minimum absolute atomic E-state index is 0.0267. The molecule has 0 aliphatic heterocycles. The van der Waals surface area contributed by atoms with Gasteiger partial charge in [-0.05, 0) is 77.1 Å². The monoisotopic (exact) mass is 657 g/mol.